The predicted molar refractivity (Wildman–Crippen MR) is 92.3 cm³/mol. The van der Waals surface area contributed by atoms with Crippen LogP contribution in [0, 0.1) is 11.3 Å². The average molecular weight is 373 g/mol. The molecule has 1 fully saturated rings. The highest BCUT2D eigenvalue weighted by molar-refractivity contribution is 9.10. The van der Waals surface area contributed by atoms with Gasteiger partial charge < -0.3 is 9.80 Å². The van der Waals surface area contributed by atoms with Crippen LogP contribution in [0.4, 0.5) is 11.6 Å². The second-order valence-corrected chi connectivity index (χ2v) is 6.43. The lowest BCUT2D eigenvalue weighted by atomic mass is 10.0. The normalized spacial score (nSPS) is 15.3. The summed E-state index contributed by atoms with van der Waals surface area (Å²) in [5.41, 5.74) is 1.42. The molecule has 0 bridgehead atoms. The lowest BCUT2D eigenvalue weighted by Crippen LogP contribution is -2.44. The molecular weight excluding hydrogens is 356 g/mol. The molecule has 0 spiro atoms. The lowest BCUT2D eigenvalue weighted by molar-refractivity contribution is 0.477. The van der Waals surface area contributed by atoms with Crippen molar-refractivity contribution in [3.8, 4) is 6.07 Å². The Morgan fingerprint density at radius 3 is 2.61 bits per heavy atom. The molecule has 3 heterocycles. The Labute approximate surface area is 143 Å². The molecule has 1 aliphatic heterocycles. The predicted octanol–water partition coefficient (Wildman–Crippen LogP) is 2.61. The Morgan fingerprint density at radius 1 is 1.26 bits per heavy atom. The topological polar surface area (TPSA) is 68.9 Å². The van der Waals surface area contributed by atoms with E-state index in [0.717, 1.165) is 42.0 Å². The Balaban J connectivity index is 1.66. The van der Waals surface area contributed by atoms with E-state index >= 15 is 0 Å². The summed E-state index contributed by atoms with van der Waals surface area (Å²) in [6.07, 6.45) is 7.18. The van der Waals surface area contributed by atoms with Crippen LogP contribution in [0.15, 0.2) is 35.2 Å². The fraction of sp³-hybridized carbons (Fsp3) is 0.375. The Bertz CT molecular complexity index is 703. The van der Waals surface area contributed by atoms with Crippen molar-refractivity contribution in [2.75, 3.05) is 29.9 Å². The minimum absolute atomic E-state index is 0.398. The van der Waals surface area contributed by atoms with Gasteiger partial charge in [-0.25, -0.2) is 15.0 Å². The first-order chi connectivity index (χ1) is 11.2. The Morgan fingerprint density at radius 2 is 1.96 bits per heavy atom. The van der Waals surface area contributed by atoms with Gasteiger partial charge in [0.25, 0.3) is 0 Å². The molecule has 0 N–H and O–H groups in total. The van der Waals surface area contributed by atoms with E-state index in [1.165, 1.54) is 0 Å². The van der Waals surface area contributed by atoms with E-state index < -0.39 is 0 Å². The lowest BCUT2D eigenvalue weighted by Gasteiger charge is -2.37. The van der Waals surface area contributed by atoms with Gasteiger partial charge in [-0.1, -0.05) is 0 Å². The van der Waals surface area contributed by atoms with Crippen molar-refractivity contribution in [3.63, 3.8) is 0 Å². The Kier molecular flexibility index (Phi) is 4.72. The zero-order valence-corrected chi connectivity index (χ0v) is 14.4. The molecule has 0 atom stereocenters. The first kappa shape index (κ1) is 15.7. The second-order valence-electron chi connectivity index (χ2n) is 5.51. The number of piperidine rings is 1. The van der Waals surface area contributed by atoms with E-state index in [-0.39, 0.29) is 0 Å². The van der Waals surface area contributed by atoms with Gasteiger partial charge in [-0.3, -0.25) is 0 Å². The van der Waals surface area contributed by atoms with Crippen LogP contribution < -0.4 is 9.80 Å². The number of halogens is 1. The van der Waals surface area contributed by atoms with Gasteiger partial charge in [-0.15, -0.1) is 0 Å². The number of rotatable bonds is 3. The van der Waals surface area contributed by atoms with Crippen molar-refractivity contribution in [1.82, 2.24) is 15.0 Å². The van der Waals surface area contributed by atoms with E-state index in [2.05, 4.69) is 46.8 Å². The summed E-state index contributed by atoms with van der Waals surface area (Å²) in [5, 5.41) is 9.19. The van der Waals surface area contributed by atoms with Gasteiger partial charge in [0, 0.05) is 44.8 Å². The average Bonchev–Trinajstić information content (AvgIpc) is 2.62. The number of pyridine rings is 1. The third-order valence-corrected chi connectivity index (χ3v) is 4.58. The molecule has 0 amide bonds. The van der Waals surface area contributed by atoms with Gasteiger partial charge >= 0.3 is 0 Å². The van der Waals surface area contributed by atoms with Crippen molar-refractivity contribution in [1.29, 1.82) is 5.26 Å². The van der Waals surface area contributed by atoms with E-state index in [1.54, 1.807) is 18.6 Å². The molecule has 2 aromatic heterocycles. The zero-order chi connectivity index (χ0) is 16.2. The molecule has 23 heavy (non-hydrogen) atoms. The summed E-state index contributed by atoms with van der Waals surface area (Å²) in [7, 11) is 2.04. The number of anilines is 2. The maximum absolute atomic E-state index is 9.19. The van der Waals surface area contributed by atoms with E-state index in [0.29, 0.717) is 11.7 Å². The van der Waals surface area contributed by atoms with E-state index in [1.807, 2.05) is 19.2 Å². The SMILES string of the molecule is CN(c1ncc(Br)cn1)C1CCN(c2cccnc2C#N)CC1. The molecule has 0 aromatic carbocycles. The number of aromatic nitrogens is 3. The van der Waals surface area contributed by atoms with Gasteiger partial charge in [0.05, 0.1) is 10.2 Å². The van der Waals surface area contributed by atoms with Crippen molar-refractivity contribution in [3.05, 3.63) is 40.9 Å². The zero-order valence-electron chi connectivity index (χ0n) is 12.9. The summed E-state index contributed by atoms with van der Waals surface area (Å²) in [5.74, 6) is 0.741. The van der Waals surface area contributed by atoms with Crippen LogP contribution in [0.2, 0.25) is 0 Å². The first-order valence-electron chi connectivity index (χ1n) is 7.49. The molecule has 0 aliphatic carbocycles. The van der Waals surface area contributed by atoms with Crippen LogP contribution in [0.1, 0.15) is 18.5 Å². The quantitative estimate of drug-likeness (QED) is 0.824. The molecule has 6 nitrogen and oxygen atoms in total. The maximum Gasteiger partial charge on any atom is 0.225 e. The first-order valence-corrected chi connectivity index (χ1v) is 8.29. The highest BCUT2D eigenvalue weighted by Gasteiger charge is 2.25. The molecule has 0 unspecified atom stereocenters. The molecule has 0 saturated carbocycles. The summed E-state index contributed by atoms with van der Waals surface area (Å²) in [6.45, 7) is 1.79. The van der Waals surface area contributed by atoms with Crippen LogP contribution >= 0.6 is 15.9 Å². The van der Waals surface area contributed by atoms with Gasteiger partial charge in [-0.2, -0.15) is 5.26 Å². The minimum Gasteiger partial charge on any atom is -0.369 e. The smallest absolute Gasteiger partial charge is 0.225 e. The highest BCUT2D eigenvalue weighted by Crippen LogP contribution is 2.25. The monoisotopic (exact) mass is 372 g/mol. The number of nitrogens with zero attached hydrogens (tertiary/aromatic N) is 6. The van der Waals surface area contributed by atoms with Crippen LogP contribution in [0.25, 0.3) is 0 Å². The minimum atomic E-state index is 0.398. The molecule has 7 heteroatoms. The standard InChI is InChI=1S/C16H17BrN6/c1-22(16-20-10-12(17)11-21-16)13-4-7-23(8-5-13)15-3-2-6-19-14(15)9-18/h2-3,6,10-11,13H,4-5,7-8H2,1H3. The Hall–Kier alpha value is -2.20. The molecular formula is C16H17BrN6. The van der Waals surface area contributed by atoms with Crippen LogP contribution in [0.3, 0.4) is 0 Å². The fourth-order valence-corrected chi connectivity index (χ4v) is 3.09. The van der Waals surface area contributed by atoms with Gasteiger partial charge in [0.2, 0.25) is 5.95 Å². The number of hydrogen-bond acceptors (Lipinski definition) is 6. The maximum atomic E-state index is 9.19. The molecule has 0 radical (unpaired) electrons. The number of hydrogen-bond donors (Lipinski definition) is 0. The van der Waals surface area contributed by atoms with Crippen molar-refractivity contribution >= 4 is 27.6 Å². The molecule has 118 valence electrons. The van der Waals surface area contributed by atoms with E-state index in [4.69, 9.17) is 0 Å². The van der Waals surface area contributed by atoms with Crippen LogP contribution in [0.5, 0.6) is 0 Å². The van der Waals surface area contributed by atoms with Crippen molar-refractivity contribution in [2.45, 2.75) is 18.9 Å². The van der Waals surface area contributed by atoms with Gasteiger partial charge in [0.15, 0.2) is 5.69 Å². The summed E-state index contributed by atoms with van der Waals surface area (Å²) >= 11 is 3.36. The largest absolute Gasteiger partial charge is 0.369 e. The third kappa shape index (κ3) is 3.42. The molecule has 3 rings (SSSR count). The summed E-state index contributed by atoms with van der Waals surface area (Å²) in [4.78, 5) is 17.2. The van der Waals surface area contributed by atoms with Gasteiger partial charge in [0.1, 0.15) is 6.07 Å². The molecule has 2 aromatic rings. The third-order valence-electron chi connectivity index (χ3n) is 4.17. The van der Waals surface area contributed by atoms with Crippen molar-refractivity contribution < 1.29 is 0 Å². The second kappa shape index (κ2) is 6.92. The molecule has 1 saturated heterocycles. The number of nitriles is 1. The summed E-state index contributed by atoms with van der Waals surface area (Å²) in [6, 6.07) is 6.41. The van der Waals surface area contributed by atoms with Gasteiger partial charge in [-0.05, 0) is 40.9 Å². The van der Waals surface area contributed by atoms with Crippen LogP contribution in [-0.4, -0.2) is 41.1 Å². The fourth-order valence-electron chi connectivity index (χ4n) is 2.88. The van der Waals surface area contributed by atoms with Crippen molar-refractivity contribution in [2.24, 2.45) is 0 Å². The summed E-state index contributed by atoms with van der Waals surface area (Å²) < 4.78 is 0.880. The van der Waals surface area contributed by atoms with E-state index in [9.17, 15) is 5.26 Å². The highest BCUT2D eigenvalue weighted by atomic mass is 79.9. The van der Waals surface area contributed by atoms with Crippen LogP contribution in [-0.2, 0) is 0 Å². The molecule has 1 aliphatic rings.